The number of nitrogens with zero attached hydrogens (tertiary/aromatic N) is 5. The molecule has 0 spiro atoms. The van der Waals surface area contributed by atoms with E-state index in [1.54, 1.807) is 12.1 Å². The zero-order valence-corrected chi connectivity index (χ0v) is 19.0. The Labute approximate surface area is 197 Å². The van der Waals surface area contributed by atoms with Gasteiger partial charge in [-0.15, -0.1) is 0 Å². The number of aliphatic hydroxyl groups is 1. The molecule has 0 saturated carbocycles. The maximum Gasteiger partial charge on any atom is 0.270 e. The second kappa shape index (κ2) is 11.8. The van der Waals surface area contributed by atoms with Crippen LogP contribution in [0.2, 0.25) is 0 Å². The third-order valence-electron chi connectivity index (χ3n) is 5.72. The summed E-state index contributed by atoms with van der Waals surface area (Å²) in [6.45, 7) is 5.48. The van der Waals surface area contributed by atoms with Crippen LogP contribution in [0.25, 0.3) is 11.4 Å². The third-order valence-corrected chi connectivity index (χ3v) is 5.72. The van der Waals surface area contributed by atoms with Crippen molar-refractivity contribution in [2.75, 3.05) is 45.9 Å². The van der Waals surface area contributed by atoms with Gasteiger partial charge in [0.1, 0.15) is 0 Å². The van der Waals surface area contributed by atoms with Gasteiger partial charge in [0.05, 0.1) is 24.2 Å². The van der Waals surface area contributed by atoms with E-state index in [1.807, 2.05) is 18.2 Å². The van der Waals surface area contributed by atoms with Crippen molar-refractivity contribution >= 4 is 5.69 Å². The lowest BCUT2D eigenvalue weighted by molar-refractivity contribution is -0.384. The molecule has 2 aromatic carbocycles. The molecular formula is C24H29N5O5. The first-order chi connectivity index (χ1) is 16.6. The van der Waals surface area contributed by atoms with Gasteiger partial charge in [-0.25, -0.2) is 0 Å². The third kappa shape index (κ3) is 6.91. The molecule has 1 aromatic heterocycles. The zero-order valence-electron chi connectivity index (χ0n) is 19.0. The number of aromatic nitrogens is 2. The van der Waals surface area contributed by atoms with E-state index >= 15 is 0 Å². The van der Waals surface area contributed by atoms with E-state index in [0.717, 1.165) is 18.7 Å². The topological polar surface area (TPSA) is 118 Å². The maximum absolute atomic E-state index is 11.0. The fourth-order valence-electron chi connectivity index (χ4n) is 4.00. The first kappa shape index (κ1) is 24.0. The summed E-state index contributed by atoms with van der Waals surface area (Å²) in [6.07, 6.45) is 0.00360. The summed E-state index contributed by atoms with van der Waals surface area (Å²) >= 11 is 0. The summed E-state index contributed by atoms with van der Waals surface area (Å²) in [5.41, 5.74) is 1.67. The Bertz CT molecular complexity index is 1050. The van der Waals surface area contributed by atoms with Crippen LogP contribution in [0.15, 0.2) is 59.1 Å². The van der Waals surface area contributed by atoms with Crippen LogP contribution in [-0.4, -0.2) is 82.0 Å². The summed E-state index contributed by atoms with van der Waals surface area (Å²) < 4.78 is 10.8. The van der Waals surface area contributed by atoms with Crippen molar-refractivity contribution in [1.29, 1.82) is 0 Å². The molecule has 10 nitrogen and oxygen atoms in total. The normalized spacial score (nSPS) is 15.5. The number of hydrogen-bond acceptors (Lipinski definition) is 9. The second-order valence-corrected chi connectivity index (χ2v) is 8.36. The summed E-state index contributed by atoms with van der Waals surface area (Å²) in [5.74, 6) is 0.767. The largest absolute Gasteiger partial charge is 0.390 e. The van der Waals surface area contributed by atoms with Crippen LogP contribution in [0.3, 0.4) is 0 Å². The summed E-state index contributed by atoms with van der Waals surface area (Å²) in [5, 5.41) is 25.8. The van der Waals surface area contributed by atoms with Gasteiger partial charge < -0.3 is 14.4 Å². The Hall–Kier alpha value is -3.18. The molecule has 3 aromatic rings. The van der Waals surface area contributed by atoms with E-state index in [-0.39, 0.29) is 5.69 Å². The quantitative estimate of drug-likeness (QED) is 0.335. The molecule has 4 rings (SSSR count). The highest BCUT2D eigenvalue weighted by Gasteiger charge is 2.19. The number of ether oxygens (including phenoxy) is 1. The lowest BCUT2D eigenvalue weighted by atomic mass is 10.2. The van der Waals surface area contributed by atoms with Crippen LogP contribution in [0.5, 0.6) is 0 Å². The molecule has 1 fully saturated rings. The Morgan fingerprint density at radius 3 is 2.71 bits per heavy atom. The molecule has 34 heavy (non-hydrogen) atoms. The number of non-ortho nitro benzene ring substituents is 1. The van der Waals surface area contributed by atoms with Crippen molar-refractivity contribution in [2.45, 2.75) is 19.1 Å². The molecular weight excluding hydrogens is 438 g/mol. The van der Waals surface area contributed by atoms with E-state index in [2.05, 4.69) is 32.1 Å². The van der Waals surface area contributed by atoms with Gasteiger partial charge in [0.25, 0.3) is 5.69 Å². The molecule has 1 aliphatic heterocycles. The number of morpholine rings is 1. The number of aliphatic hydroxyl groups excluding tert-OH is 1. The Kier molecular flexibility index (Phi) is 8.31. The van der Waals surface area contributed by atoms with Gasteiger partial charge in [0.2, 0.25) is 11.7 Å². The summed E-state index contributed by atoms with van der Waals surface area (Å²) in [4.78, 5) is 19.4. The monoisotopic (exact) mass is 467 g/mol. The molecule has 1 N–H and O–H groups in total. The van der Waals surface area contributed by atoms with Crippen molar-refractivity contribution < 1.29 is 19.3 Å². The minimum atomic E-state index is -0.495. The van der Waals surface area contributed by atoms with Crippen LogP contribution in [-0.2, 0) is 17.7 Å². The van der Waals surface area contributed by atoms with Crippen LogP contribution in [0, 0.1) is 10.1 Å². The highest BCUT2D eigenvalue weighted by atomic mass is 16.6. The molecule has 2 heterocycles. The Balaban J connectivity index is 1.39. The van der Waals surface area contributed by atoms with Crippen LogP contribution < -0.4 is 0 Å². The van der Waals surface area contributed by atoms with E-state index < -0.39 is 11.0 Å². The highest BCUT2D eigenvalue weighted by Crippen LogP contribution is 2.21. The molecule has 0 amide bonds. The molecule has 0 radical (unpaired) electrons. The van der Waals surface area contributed by atoms with Gasteiger partial charge in [0.15, 0.2) is 0 Å². The van der Waals surface area contributed by atoms with E-state index in [4.69, 9.17) is 9.26 Å². The van der Waals surface area contributed by atoms with Gasteiger partial charge in [-0.1, -0.05) is 47.6 Å². The van der Waals surface area contributed by atoms with Gasteiger partial charge in [0, 0.05) is 63.4 Å². The summed E-state index contributed by atoms with van der Waals surface area (Å²) in [6, 6.07) is 16.3. The standard InChI is InChI=1S/C24H29N5O5/c30-22(17-27-11-13-33-14-12-27)18-28(16-19-5-2-1-3-6-19)10-9-23-25-24(26-34-23)20-7-4-8-21(15-20)29(31)32/h1-8,15,22,30H,9-14,16-18H2/t22-/m0/s1. The van der Waals surface area contributed by atoms with Gasteiger partial charge in [-0.3, -0.25) is 19.9 Å². The van der Waals surface area contributed by atoms with Gasteiger partial charge in [-0.05, 0) is 5.56 Å². The molecule has 1 saturated heterocycles. The molecule has 0 bridgehead atoms. The Morgan fingerprint density at radius 2 is 1.94 bits per heavy atom. The highest BCUT2D eigenvalue weighted by molar-refractivity contribution is 5.58. The van der Waals surface area contributed by atoms with Gasteiger partial charge >= 0.3 is 0 Å². The number of hydrogen-bond donors (Lipinski definition) is 1. The average molecular weight is 468 g/mol. The molecule has 0 aliphatic carbocycles. The number of nitro benzene ring substituents is 1. The van der Waals surface area contributed by atoms with Crippen molar-refractivity contribution in [3.05, 3.63) is 76.2 Å². The van der Waals surface area contributed by atoms with Crippen molar-refractivity contribution in [3.63, 3.8) is 0 Å². The molecule has 180 valence electrons. The van der Waals surface area contributed by atoms with Gasteiger partial charge in [-0.2, -0.15) is 4.98 Å². The fourth-order valence-corrected chi connectivity index (χ4v) is 4.00. The average Bonchev–Trinajstić information content (AvgIpc) is 3.33. The minimum Gasteiger partial charge on any atom is -0.390 e. The SMILES string of the molecule is O=[N+]([O-])c1cccc(-c2noc(CCN(Cc3ccccc3)C[C@@H](O)CN3CCOCC3)n2)c1. The predicted octanol–water partition coefficient (Wildman–Crippen LogP) is 2.38. The van der Waals surface area contributed by atoms with Crippen molar-refractivity contribution in [1.82, 2.24) is 19.9 Å². The molecule has 10 heteroatoms. The molecule has 0 unspecified atom stereocenters. The van der Waals surface area contributed by atoms with E-state index in [0.29, 0.717) is 63.1 Å². The number of benzene rings is 2. The summed E-state index contributed by atoms with van der Waals surface area (Å²) in [7, 11) is 0. The van der Waals surface area contributed by atoms with Crippen LogP contribution >= 0.6 is 0 Å². The Morgan fingerprint density at radius 1 is 1.15 bits per heavy atom. The second-order valence-electron chi connectivity index (χ2n) is 8.36. The predicted molar refractivity (Wildman–Crippen MR) is 125 cm³/mol. The minimum absolute atomic E-state index is 0.0212. The van der Waals surface area contributed by atoms with Crippen LogP contribution in [0.1, 0.15) is 11.5 Å². The van der Waals surface area contributed by atoms with Crippen molar-refractivity contribution in [2.24, 2.45) is 0 Å². The fraction of sp³-hybridized carbons (Fsp3) is 0.417. The first-order valence-corrected chi connectivity index (χ1v) is 11.4. The number of nitro groups is 1. The molecule has 1 atom stereocenters. The van der Waals surface area contributed by atoms with E-state index in [9.17, 15) is 15.2 Å². The van der Waals surface area contributed by atoms with Crippen molar-refractivity contribution in [3.8, 4) is 11.4 Å². The number of β-amino-alcohol motifs (C(OH)–C–C–N with tert-alkyl or cyclic N) is 1. The van der Waals surface area contributed by atoms with E-state index in [1.165, 1.54) is 12.1 Å². The zero-order chi connectivity index (χ0) is 23.8. The lowest BCUT2D eigenvalue weighted by Gasteiger charge is -2.31. The smallest absolute Gasteiger partial charge is 0.270 e. The van der Waals surface area contributed by atoms with Crippen LogP contribution in [0.4, 0.5) is 5.69 Å². The number of rotatable bonds is 11. The molecule has 1 aliphatic rings. The lowest BCUT2D eigenvalue weighted by Crippen LogP contribution is -2.44. The first-order valence-electron chi connectivity index (χ1n) is 11.4. The maximum atomic E-state index is 11.0.